The van der Waals surface area contributed by atoms with Crippen molar-refractivity contribution in [2.45, 2.75) is 26.8 Å². The number of aromatic nitrogens is 1. The van der Waals surface area contributed by atoms with Crippen molar-refractivity contribution < 1.29 is 9.90 Å². The Bertz CT molecular complexity index is 969. The number of carboxylic acids is 1. The van der Waals surface area contributed by atoms with Crippen LogP contribution in [-0.4, -0.2) is 22.1 Å². The number of aryl methyl sites for hydroxylation is 1. The third-order valence-electron chi connectivity index (χ3n) is 4.51. The summed E-state index contributed by atoms with van der Waals surface area (Å²) in [7, 11) is 0. The summed E-state index contributed by atoms with van der Waals surface area (Å²) in [4.78, 5) is 16.1. The molecular weight excluding hydrogens is 348 g/mol. The molecule has 0 aliphatic rings. The molecule has 0 radical (unpaired) electrons. The van der Waals surface area contributed by atoms with E-state index in [1.165, 1.54) is 0 Å². The van der Waals surface area contributed by atoms with Crippen molar-refractivity contribution in [2.75, 3.05) is 5.32 Å². The van der Waals surface area contributed by atoms with Gasteiger partial charge in [0.1, 0.15) is 11.9 Å². The average molecular weight is 369 g/mol. The van der Waals surface area contributed by atoms with Gasteiger partial charge < -0.3 is 10.4 Å². The number of aliphatic carboxylic acids is 1. The Labute approximate surface area is 157 Å². The van der Waals surface area contributed by atoms with Gasteiger partial charge in [-0.2, -0.15) is 0 Å². The molecule has 0 saturated carbocycles. The van der Waals surface area contributed by atoms with E-state index in [4.69, 9.17) is 11.6 Å². The second kappa shape index (κ2) is 7.34. The maximum atomic E-state index is 11.6. The second-order valence-electron chi connectivity index (χ2n) is 6.70. The molecule has 5 heteroatoms. The number of hydrogen-bond acceptors (Lipinski definition) is 3. The van der Waals surface area contributed by atoms with Gasteiger partial charge in [0.2, 0.25) is 0 Å². The Balaban J connectivity index is 2.21. The van der Waals surface area contributed by atoms with Crippen LogP contribution in [0.15, 0.2) is 48.7 Å². The van der Waals surface area contributed by atoms with Crippen LogP contribution in [0, 0.1) is 12.8 Å². The van der Waals surface area contributed by atoms with Gasteiger partial charge in [0.15, 0.2) is 0 Å². The molecule has 26 heavy (non-hydrogen) atoms. The molecule has 0 saturated heterocycles. The second-order valence-corrected chi connectivity index (χ2v) is 7.11. The van der Waals surface area contributed by atoms with Crippen molar-refractivity contribution in [3.8, 4) is 11.1 Å². The summed E-state index contributed by atoms with van der Waals surface area (Å²) < 4.78 is 0. The van der Waals surface area contributed by atoms with E-state index >= 15 is 0 Å². The molecule has 0 aliphatic carbocycles. The van der Waals surface area contributed by atoms with Gasteiger partial charge >= 0.3 is 5.97 Å². The van der Waals surface area contributed by atoms with E-state index in [9.17, 15) is 9.90 Å². The number of pyridine rings is 1. The Morgan fingerprint density at radius 3 is 2.50 bits per heavy atom. The summed E-state index contributed by atoms with van der Waals surface area (Å²) in [6.07, 6.45) is 1.76. The van der Waals surface area contributed by atoms with Crippen LogP contribution in [0.5, 0.6) is 0 Å². The van der Waals surface area contributed by atoms with Gasteiger partial charge in [-0.15, -0.1) is 0 Å². The minimum absolute atomic E-state index is 0.0718. The SMILES string of the molecule is Cc1cccc2c(NC(C(=O)O)C(C)C)ncc(-c3ccccc3Cl)c12. The zero-order valence-electron chi connectivity index (χ0n) is 15.0. The first-order valence-electron chi connectivity index (χ1n) is 8.52. The van der Waals surface area contributed by atoms with Gasteiger partial charge in [-0.1, -0.05) is 61.8 Å². The Hall–Kier alpha value is -2.59. The standard InChI is InChI=1S/C21H21ClN2O2/c1-12(2)19(21(25)26)24-20-15-9-6-7-13(3)18(15)16(11-23-20)14-8-4-5-10-17(14)22/h4-12,19H,1-3H3,(H,23,24)(H,25,26). The minimum atomic E-state index is -0.891. The fraction of sp³-hybridized carbons (Fsp3) is 0.238. The molecule has 0 fully saturated rings. The highest BCUT2D eigenvalue weighted by molar-refractivity contribution is 6.33. The lowest BCUT2D eigenvalue weighted by molar-refractivity contribution is -0.138. The maximum Gasteiger partial charge on any atom is 0.326 e. The topological polar surface area (TPSA) is 62.2 Å². The van der Waals surface area contributed by atoms with Crippen molar-refractivity contribution in [1.29, 1.82) is 0 Å². The number of carboxylic acid groups (broad SMARTS) is 1. The van der Waals surface area contributed by atoms with Gasteiger partial charge in [-0.05, 0) is 29.9 Å². The third kappa shape index (κ3) is 3.37. The minimum Gasteiger partial charge on any atom is -0.480 e. The lowest BCUT2D eigenvalue weighted by atomic mass is 9.96. The Morgan fingerprint density at radius 1 is 1.12 bits per heavy atom. The van der Waals surface area contributed by atoms with Crippen LogP contribution in [0.2, 0.25) is 5.02 Å². The van der Waals surface area contributed by atoms with Crippen LogP contribution < -0.4 is 5.32 Å². The van der Waals surface area contributed by atoms with Gasteiger partial charge in [0.05, 0.1) is 0 Å². The quantitative estimate of drug-likeness (QED) is 0.634. The number of nitrogens with one attached hydrogen (secondary N) is 1. The lowest BCUT2D eigenvalue weighted by Crippen LogP contribution is -2.34. The number of benzene rings is 2. The number of halogens is 1. The average Bonchev–Trinajstić information content (AvgIpc) is 2.60. The molecule has 2 aromatic carbocycles. The molecule has 0 amide bonds. The summed E-state index contributed by atoms with van der Waals surface area (Å²) in [6.45, 7) is 5.78. The summed E-state index contributed by atoms with van der Waals surface area (Å²) >= 11 is 6.40. The predicted molar refractivity (Wildman–Crippen MR) is 107 cm³/mol. The number of hydrogen-bond donors (Lipinski definition) is 2. The highest BCUT2D eigenvalue weighted by atomic mass is 35.5. The van der Waals surface area contributed by atoms with Crippen molar-refractivity contribution in [2.24, 2.45) is 5.92 Å². The summed E-state index contributed by atoms with van der Waals surface area (Å²) in [6, 6.07) is 12.9. The van der Waals surface area contributed by atoms with Gasteiger partial charge in [0.25, 0.3) is 0 Å². The van der Waals surface area contributed by atoms with Crippen LogP contribution in [0.3, 0.4) is 0 Å². The molecule has 0 spiro atoms. The molecule has 2 N–H and O–H groups in total. The van der Waals surface area contributed by atoms with E-state index < -0.39 is 12.0 Å². The van der Waals surface area contributed by atoms with Crippen molar-refractivity contribution >= 4 is 34.2 Å². The first-order chi connectivity index (χ1) is 12.4. The molecule has 0 bridgehead atoms. The first kappa shape index (κ1) is 18.2. The number of rotatable bonds is 5. The highest BCUT2D eigenvalue weighted by Crippen LogP contribution is 2.37. The van der Waals surface area contributed by atoms with E-state index in [0.29, 0.717) is 10.8 Å². The molecule has 3 rings (SSSR count). The molecule has 4 nitrogen and oxygen atoms in total. The van der Waals surface area contributed by atoms with Crippen LogP contribution in [0.25, 0.3) is 21.9 Å². The van der Waals surface area contributed by atoms with Gasteiger partial charge in [-0.3, -0.25) is 0 Å². The van der Waals surface area contributed by atoms with E-state index in [1.54, 1.807) is 6.20 Å². The fourth-order valence-electron chi connectivity index (χ4n) is 3.15. The Morgan fingerprint density at radius 2 is 1.85 bits per heavy atom. The van der Waals surface area contributed by atoms with Crippen molar-refractivity contribution in [1.82, 2.24) is 4.98 Å². The molecule has 134 valence electrons. The normalized spacial score (nSPS) is 12.3. The van der Waals surface area contributed by atoms with E-state index in [2.05, 4.69) is 10.3 Å². The van der Waals surface area contributed by atoms with Crippen LogP contribution >= 0.6 is 11.6 Å². The number of anilines is 1. The Kier molecular flexibility index (Phi) is 5.14. The van der Waals surface area contributed by atoms with Crippen molar-refractivity contribution in [3.63, 3.8) is 0 Å². The zero-order chi connectivity index (χ0) is 18.8. The largest absolute Gasteiger partial charge is 0.480 e. The van der Waals surface area contributed by atoms with Gasteiger partial charge in [-0.25, -0.2) is 9.78 Å². The van der Waals surface area contributed by atoms with E-state index in [-0.39, 0.29) is 5.92 Å². The molecule has 1 heterocycles. The summed E-state index contributed by atoms with van der Waals surface area (Å²) in [5.41, 5.74) is 2.93. The summed E-state index contributed by atoms with van der Waals surface area (Å²) in [5, 5.41) is 15.2. The molecule has 1 atom stereocenters. The van der Waals surface area contributed by atoms with Gasteiger partial charge in [0, 0.05) is 27.7 Å². The van der Waals surface area contributed by atoms with Crippen molar-refractivity contribution in [3.05, 3.63) is 59.2 Å². The highest BCUT2D eigenvalue weighted by Gasteiger charge is 2.23. The van der Waals surface area contributed by atoms with E-state index in [1.807, 2.05) is 63.2 Å². The molecule has 0 aliphatic heterocycles. The van der Waals surface area contributed by atoms with Crippen LogP contribution in [0.4, 0.5) is 5.82 Å². The molecule has 3 aromatic rings. The third-order valence-corrected chi connectivity index (χ3v) is 4.84. The predicted octanol–water partition coefficient (Wildman–Crippen LogP) is 5.38. The number of carbonyl (C=O) groups is 1. The fourth-order valence-corrected chi connectivity index (χ4v) is 3.38. The molecule has 1 unspecified atom stereocenters. The molecule has 1 aromatic heterocycles. The zero-order valence-corrected chi connectivity index (χ0v) is 15.7. The maximum absolute atomic E-state index is 11.6. The number of nitrogens with zero attached hydrogens (tertiary/aromatic N) is 1. The first-order valence-corrected chi connectivity index (χ1v) is 8.90. The monoisotopic (exact) mass is 368 g/mol. The lowest BCUT2D eigenvalue weighted by Gasteiger charge is -2.21. The van der Waals surface area contributed by atoms with E-state index in [0.717, 1.165) is 27.5 Å². The molecular formula is C21H21ClN2O2. The summed E-state index contributed by atoms with van der Waals surface area (Å²) in [5.74, 6) is -0.393. The van der Waals surface area contributed by atoms with Crippen LogP contribution in [0.1, 0.15) is 19.4 Å². The number of fused-ring (bicyclic) bond motifs is 1. The smallest absolute Gasteiger partial charge is 0.326 e. The van der Waals surface area contributed by atoms with Crippen LogP contribution in [-0.2, 0) is 4.79 Å².